The van der Waals surface area contributed by atoms with Gasteiger partial charge in [0, 0.05) is 24.5 Å². The standard InChI is InChI=1S/C11H19N3O2S/c1-4-11(2,8-12)14-10-9(17(3,15)16)6-5-7-13-10/h5-7H,4,8,12H2,1-3H3,(H,13,14). The van der Waals surface area contributed by atoms with Gasteiger partial charge in [-0.15, -0.1) is 0 Å². The summed E-state index contributed by atoms with van der Waals surface area (Å²) in [6, 6.07) is 3.14. The number of rotatable bonds is 5. The summed E-state index contributed by atoms with van der Waals surface area (Å²) in [7, 11) is -3.29. The molecule has 5 nitrogen and oxygen atoms in total. The van der Waals surface area contributed by atoms with Crippen LogP contribution >= 0.6 is 0 Å². The second kappa shape index (κ2) is 5.01. The quantitative estimate of drug-likeness (QED) is 0.822. The number of hydrogen-bond acceptors (Lipinski definition) is 5. The Morgan fingerprint density at radius 2 is 2.18 bits per heavy atom. The number of nitrogens with zero attached hydrogens (tertiary/aromatic N) is 1. The second-order valence-corrected chi connectivity index (χ2v) is 6.35. The van der Waals surface area contributed by atoms with Crippen LogP contribution in [0.5, 0.6) is 0 Å². The van der Waals surface area contributed by atoms with Crippen molar-refractivity contribution in [3.05, 3.63) is 18.3 Å². The molecule has 1 aromatic rings. The number of hydrogen-bond donors (Lipinski definition) is 2. The van der Waals surface area contributed by atoms with Crippen molar-refractivity contribution in [2.45, 2.75) is 30.7 Å². The summed E-state index contributed by atoms with van der Waals surface area (Å²) in [5, 5.41) is 3.11. The normalized spacial score (nSPS) is 15.3. The van der Waals surface area contributed by atoms with Gasteiger partial charge in [-0.25, -0.2) is 13.4 Å². The molecular weight excluding hydrogens is 238 g/mol. The van der Waals surface area contributed by atoms with Crippen LogP contribution in [0.15, 0.2) is 23.2 Å². The molecule has 3 N–H and O–H groups in total. The molecule has 96 valence electrons. The fraction of sp³-hybridized carbons (Fsp3) is 0.545. The summed E-state index contributed by atoms with van der Waals surface area (Å²) in [4.78, 5) is 4.28. The van der Waals surface area contributed by atoms with Crippen LogP contribution in [0.25, 0.3) is 0 Å². The van der Waals surface area contributed by atoms with E-state index in [-0.39, 0.29) is 10.4 Å². The summed E-state index contributed by atoms with van der Waals surface area (Å²) in [6.07, 6.45) is 3.51. The van der Waals surface area contributed by atoms with Gasteiger partial charge in [-0.05, 0) is 25.5 Å². The number of nitrogens with two attached hydrogens (primary N) is 1. The molecule has 0 fully saturated rings. The Balaban J connectivity index is 3.16. The smallest absolute Gasteiger partial charge is 0.179 e. The van der Waals surface area contributed by atoms with E-state index in [0.29, 0.717) is 12.4 Å². The van der Waals surface area contributed by atoms with Crippen LogP contribution in [-0.4, -0.2) is 31.7 Å². The van der Waals surface area contributed by atoms with Crippen molar-refractivity contribution < 1.29 is 8.42 Å². The predicted molar refractivity (Wildman–Crippen MR) is 68.7 cm³/mol. The molecule has 1 atom stereocenters. The van der Waals surface area contributed by atoms with Crippen LogP contribution in [0.2, 0.25) is 0 Å². The molecule has 17 heavy (non-hydrogen) atoms. The molecule has 1 rings (SSSR count). The molecule has 0 radical (unpaired) electrons. The highest BCUT2D eigenvalue weighted by atomic mass is 32.2. The first-order chi connectivity index (χ1) is 7.82. The zero-order valence-electron chi connectivity index (χ0n) is 10.4. The van der Waals surface area contributed by atoms with E-state index in [2.05, 4.69) is 10.3 Å². The van der Waals surface area contributed by atoms with E-state index in [1.807, 2.05) is 13.8 Å². The third-order valence-electron chi connectivity index (χ3n) is 2.82. The van der Waals surface area contributed by atoms with E-state index < -0.39 is 9.84 Å². The van der Waals surface area contributed by atoms with Gasteiger partial charge in [0.1, 0.15) is 10.7 Å². The predicted octanol–water partition coefficient (Wildman–Crippen LogP) is 1.02. The minimum absolute atomic E-state index is 0.202. The lowest BCUT2D eigenvalue weighted by Gasteiger charge is -2.29. The Kier molecular flexibility index (Phi) is 4.11. The SMILES string of the molecule is CCC(C)(CN)Nc1ncccc1S(C)(=O)=O. The van der Waals surface area contributed by atoms with Crippen molar-refractivity contribution in [3.8, 4) is 0 Å². The first kappa shape index (κ1) is 13.9. The summed E-state index contributed by atoms with van der Waals surface area (Å²) < 4.78 is 23.2. The van der Waals surface area contributed by atoms with Gasteiger partial charge in [0.2, 0.25) is 0 Å². The van der Waals surface area contributed by atoms with Crippen molar-refractivity contribution in [1.82, 2.24) is 4.98 Å². The minimum atomic E-state index is -3.29. The molecule has 0 saturated heterocycles. The van der Waals surface area contributed by atoms with E-state index >= 15 is 0 Å². The van der Waals surface area contributed by atoms with Gasteiger partial charge in [-0.3, -0.25) is 0 Å². The van der Waals surface area contributed by atoms with Gasteiger partial charge in [-0.2, -0.15) is 0 Å². The third-order valence-corrected chi connectivity index (χ3v) is 3.95. The number of pyridine rings is 1. The average Bonchev–Trinajstić information content (AvgIpc) is 2.28. The van der Waals surface area contributed by atoms with Crippen LogP contribution in [0, 0.1) is 0 Å². The van der Waals surface area contributed by atoms with Crippen molar-refractivity contribution >= 4 is 15.7 Å². The lowest BCUT2D eigenvalue weighted by atomic mass is 9.99. The number of nitrogens with one attached hydrogen (secondary N) is 1. The van der Waals surface area contributed by atoms with Crippen molar-refractivity contribution in [1.29, 1.82) is 0 Å². The zero-order valence-corrected chi connectivity index (χ0v) is 11.2. The average molecular weight is 257 g/mol. The van der Waals surface area contributed by atoms with Crippen molar-refractivity contribution in [3.63, 3.8) is 0 Å². The molecule has 0 spiro atoms. The van der Waals surface area contributed by atoms with E-state index in [1.165, 1.54) is 12.3 Å². The van der Waals surface area contributed by atoms with E-state index in [1.54, 1.807) is 12.3 Å². The molecule has 6 heteroatoms. The summed E-state index contributed by atoms with van der Waals surface area (Å²) >= 11 is 0. The summed E-state index contributed by atoms with van der Waals surface area (Å²) in [5.74, 6) is 0.366. The highest BCUT2D eigenvalue weighted by molar-refractivity contribution is 7.90. The van der Waals surface area contributed by atoms with Crippen molar-refractivity contribution in [2.24, 2.45) is 5.73 Å². The lowest BCUT2D eigenvalue weighted by molar-refractivity contribution is 0.502. The second-order valence-electron chi connectivity index (χ2n) is 4.37. The van der Waals surface area contributed by atoms with Crippen molar-refractivity contribution in [2.75, 3.05) is 18.1 Å². The topological polar surface area (TPSA) is 85.1 Å². The van der Waals surface area contributed by atoms with Crippen LogP contribution in [0.4, 0.5) is 5.82 Å². The summed E-state index contributed by atoms with van der Waals surface area (Å²) in [6.45, 7) is 4.33. The highest BCUT2D eigenvalue weighted by Crippen LogP contribution is 2.22. The number of aromatic nitrogens is 1. The molecule has 0 aliphatic rings. The van der Waals surface area contributed by atoms with Gasteiger partial charge in [0.25, 0.3) is 0 Å². The van der Waals surface area contributed by atoms with Crippen LogP contribution in [0.3, 0.4) is 0 Å². The van der Waals surface area contributed by atoms with Crippen LogP contribution in [-0.2, 0) is 9.84 Å². The first-order valence-electron chi connectivity index (χ1n) is 5.46. The Morgan fingerprint density at radius 1 is 1.53 bits per heavy atom. The zero-order chi connectivity index (χ0) is 13.1. The van der Waals surface area contributed by atoms with Gasteiger partial charge in [0.05, 0.1) is 0 Å². The Hall–Kier alpha value is -1.14. The largest absolute Gasteiger partial charge is 0.363 e. The van der Waals surface area contributed by atoms with Crippen LogP contribution < -0.4 is 11.1 Å². The van der Waals surface area contributed by atoms with Gasteiger partial charge in [-0.1, -0.05) is 6.92 Å². The van der Waals surface area contributed by atoms with Crippen LogP contribution in [0.1, 0.15) is 20.3 Å². The molecule has 0 bridgehead atoms. The first-order valence-corrected chi connectivity index (χ1v) is 7.35. The van der Waals surface area contributed by atoms with Gasteiger partial charge in [0.15, 0.2) is 9.84 Å². The Labute approximate surface area is 102 Å². The molecule has 1 aromatic heterocycles. The third kappa shape index (κ3) is 3.41. The molecule has 0 aliphatic carbocycles. The molecule has 1 heterocycles. The monoisotopic (exact) mass is 257 g/mol. The van der Waals surface area contributed by atoms with E-state index in [4.69, 9.17) is 5.73 Å². The maximum atomic E-state index is 11.6. The lowest BCUT2D eigenvalue weighted by Crippen LogP contribution is -2.42. The fourth-order valence-electron chi connectivity index (χ4n) is 1.35. The van der Waals surface area contributed by atoms with Gasteiger partial charge >= 0.3 is 0 Å². The highest BCUT2D eigenvalue weighted by Gasteiger charge is 2.23. The Morgan fingerprint density at radius 3 is 2.65 bits per heavy atom. The molecule has 0 amide bonds. The Bertz CT molecular complexity index is 481. The molecule has 0 aliphatic heterocycles. The fourth-order valence-corrected chi connectivity index (χ4v) is 2.13. The molecule has 0 saturated carbocycles. The number of sulfone groups is 1. The van der Waals surface area contributed by atoms with E-state index in [9.17, 15) is 8.42 Å². The maximum Gasteiger partial charge on any atom is 0.179 e. The van der Waals surface area contributed by atoms with Gasteiger partial charge < -0.3 is 11.1 Å². The van der Waals surface area contributed by atoms with E-state index in [0.717, 1.165) is 6.42 Å². The maximum absolute atomic E-state index is 11.6. The minimum Gasteiger partial charge on any atom is -0.363 e. The summed E-state index contributed by atoms with van der Waals surface area (Å²) in [5.41, 5.74) is 5.33. The molecule has 1 unspecified atom stereocenters. The molecule has 0 aromatic carbocycles. The number of anilines is 1. The molecular formula is C11H19N3O2S.